The van der Waals surface area contributed by atoms with Crippen LogP contribution >= 0.6 is 24.0 Å². The van der Waals surface area contributed by atoms with Crippen molar-refractivity contribution in [2.45, 2.75) is 12.5 Å². The summed E-state index contributed by atoms with van der Waals surface area (Å²) < 4.78 is 0. The standard InChI is InChI=1S/C16H19ClN4O3.ClH/c17-12-3-1-2-11(8-12)13-9-18-5-7-21(13)15(23)10-20-6-4-14(22)19-16(20)24;/h1-3,8,13,18H,4-7,9-10H2,(H,19,22,24);1H. The van der Waals surface area contributed by atoms with E-state index in [0.717, 1.165) is 5.56 Å². The molecule has 25 heavy (non-hydrogen) atoms. The predicted octanol–water partition coefficient (Wildman–Crippen LogP) is 1.18. The molecule has 0 radical (unpaired) electrons. The van der Waals surface area contributed by atoms with Gasteiger partial charge in [0.2, 0.25) is 11.8 Å². The molecule has 1 aromatic carbocycles. The van der Waals surface area contributed by atoms with Gasteiger partial charge in [0.05, 0.1) is 6.04 Å². The highest BCUT2D eigenvalue weighted by Gasteiger charge is 2.31. The third-order valence-electron chi connectivity index (χ3n) is 4.27. The van der Waals surface area contributed by atoms with Gasteiger partial charge in [-0.05, 0) is 17.7 Å². The van der Waals surface area contributed by atoms with E-state index in [2.05, 4.69) is 10.6 Å². The first-order valence-corrected chi connectivity index (χ1v) is 8.27. The van der Waals surface area contributed by atoms with E-state index in [0.29, 0.717) is 24.7 Å². The van der Waals surface area contributed by atoms with Gasteiger partial charge in [-0.1, -0.05) is 23.7 Å². The zero-order chi connectivity index (χ0) is 17.1. The Morgan fingerprint density at radius 3 is 2.80 bits per heavy atom. The molecule has 2 N–H and O–H groups in total. The fourth-order valence-electron chi connectivity index (χ4n) is 3.02. The van der Waals surface area contributed by atoms with E-state index >= 15 is 0 Å². The zero-order valence-electron chi connectivity index (χ0n) is 13.5. The van der Waals surface area contributed by atoms with Crippen molar-refractivity contribution in [2.75, 3.05) is 32.7 Å². The molecule has 136 valence electrons. The number of rotatable bonds is 3. The molecule has 0 bridgehead atoms. The second kappa shape index (κ2) is 8.51. The lowest BCUT2D eigenvalue weighted by molar-refractivity contribution is -0.136. The van der Waals surface area contributed by atoms with Crippen LogP contribution in [-0.4, -0.2) is 60.4 Å². The van der Waals surface area contributed by atoms with Crippen LogP contribution in [-0.2, 0) is 9.59 Å². The van der Waals surface area contributed by atoms with E-state index in [4.69, 9.17) is 11.6 Å². The number of benzene rings is 1. The van der Waals surface area contributed by atoms with Gasteiger partial charge in [-0.3, -0.25) is 14.9 Å². The van der Waals surface area contributed by atoms with Gasteiger partial charge in [0, 0.05) is 37.6 Å². The summed E-state index contributed by atoms with van der Waals surface area (Å²) in [5.74, 6) is -0.436. The predicted molar refractivity (Wildman–Crippen MR) is 95.8 cm³/mol. The largest absolute Gasteiger partial charge is 0.332 e. The molecule has 2 fully saturated rings. The van der Waals surface area contributed by atoms with Crippen LogP contribution in [0.5, 0.6) is 0 Å². The molecule has 2 saturated heterocycles. The molecule has 3 rings (SSSR count). The van der Waals surface area contributed by atoms with Crippen LogP contribution in [0.25, 0.3) is 0 Å². The molecule has 1 aromatic rings. The van der Waals surface area contributed by atoms with Crippen molar-refractivity contribution >= 4 is 41.9 Å². The quantitative estimate of drug-likeness (QED) is 0.816. The van der Waals surface area contributed by atoms with Crippen LogP contribution in [0.4, 0.5) is 4.79 Å². The smallest absolute Gasteiger partial charge is 0.324 e. The molecule has 0 spiro atoms. The lowest BCUT2D eigenvalue weighted by atomic mass is 10.0. The van der Waals surface area contributed by atoms with Crippen LogP contribution in [0.3, 0.4) is 0 Å². The van der Waals surface area contributed by atoms with Crippen molar-refractivity contribution < 1.29 is 14.4 Å². The summed E-state index contributed by atoms with van der Waals surface area (Å²) in [4.78, 5) is 38.9. The molecule has 0 aromatic heterocycles. The van der Waals surface area contributed by atoms with Gasteiger partial charge in [0.25, 0.3) is 0 Å². The fourth-order valence-corrected chi connectivity index (χ4v) is 3.22. The van der Waals surface area contributed by atoms with Gasteiger partial charge in [-0.2, -0.15) is 0 Å². The number of carbonyl (C=O) groups excluding carboxylic acids is 3. The zero-order valence-corrected chi connectivity index (χ0v) is 15.1. The Balaban J connectivity index is 0.00000225. The van der Waals surface area contributed by atoms with E-state index in [-0.39, 0.29) is 49.8 Å². The normalized spacial score (nSPS) is 20.8. The van der Waals surface area contributed by atoms with Crippen molar-refractivity contribution in [2.24, 2.45) is 0 Å². The number of piperazine rings is 1. The first kappa shape index (κ1) is 19.5. The first-order valence-electron chi connectivity index (χ1n) is 7.89. The van der Waals surface area contributed by atoms with Gasteiger partial charge in [-0.25, -0.2) is 4.79 Å². The van der Waals surface area contributed by atoms with Gasteiger partial charge < -0.3 is 15.1 Å². The number of urea groups is 1. The van der Waals surface area contributed by atoms with Crippen LogP contribution in [0.2, 0.25) is 5.02 Å². The summed E-state index contributed by atoms with van der Waals surface area (Å²) in [6, 6.07) is 6.82. The number of nitrogens with one attached hydrogen (secondary N) is 2. The number of nitrogens with zero attached hydrogens (tertiary/aromatic N) is 2. The maximum Gasteiger partial charge on any atom is 0.324 e. The number of hydrogen-bond acceptors (Lipinski definition) is 4. The minimum atomic E-state index is -0.506. The molecular weight excluding hydrogens is 367 g/mol. The van der Waals surface area contributed by atoms with Crippen LogP contribution in [0.15, 0.2) is 24.3 Å². The second-order valence-corrected chi connectivity index (χ2v) is 6.32. The summed E-state index contributed by atoms with van der Waals surface area (Å²) in [6.45, 7) is 2.13. The van der Waals surface area contributed by atoms with Crippen molar-refractivity contribution in [3.63, 3.8) is 0 Å². The molecular formula is C16H20Cl2N4O3. The Bertz CT molecular complexity index is 671. The topological polar surface area (TPSA) is 81.8 Å². The second-order valence-electron chi connectivity index (χ2n) is 5.89. The summed E-state index contributed by atoms with van der Waals surface area (Å²) >= 11 is 6.06. The third-order valence-corrected chi connectivity index (χ3v) is 4.50. The Labute approximate surface area is 157 Å². The molecule has 0 aliphatic carbocycles. The number of carbonyl (C=O) groups is 3. The van der Waals surface area contributed by atoms with Crippen LogP contribution in [0, 0.1) is 0 Å². The number of imide groups is 1. The van der Waals surface area contributed by atoms with E-state index in [1.807, 2.05) is 18.2 Å². The Hall–Kier alpha value is -1.83. The minimum absolute atomic E-state index is 0. The summed E-state index contributed by atoms with van der Waals surface area (Å²) in [5, 5.41) is 6.14. The molecule has 1 unspecified atom stereocenters. The SMILES string of the molecule is Cl.O=C1CCN(CC(=O)N2CCNCC2c2cccc(Cl)c2)C(=O)N1. The number of hydrogen-bond donors (Lipinski definition) is 2. The maximum atomic E-state index is 12.7. The molecule has 4 amide bonds. The highest BCUT2D eigenvalue weighted by molar-refractivity contribution is 6.30. The van der Waals surface area contributed by atoms with Crippen molar-refractivity contribution in [3.05, 3.63) is 34.9 Å². The lowest BCUT2D eigenvalue weighted by Crippen LogP contribution is -2.55. The Morgan fingerprint density at radius 1 is 1.28 bits per heavy atom. The highest BCUT2D eigenvalue weighted by Crippen LogP contribution is 2.25. The molecule has 2 heterocycles. The van der Waals surface area contributed by atoms with E-state index in [9.17, 15) is 14.4 Å². The molecule has 2 aliphatic heterocycles. The third kappa shape index (κ3) is 4.62. The summed E-state index contributed by atoms with van der Waals surface area (Å²) in [7, 11) is 0. The molecule has 0 saturated carbocycles. The van der Waals surface area contributed by atoms with E-state index in [1.54, 1.807) is 11.0 Å². The fraction of sp³-hybridized carbons (Fsp3) is 0.438. The Kier molecular flexibility index (Phi) is 6.64. The van der Waals surface area contributed by atoms with E-state index in [1.165, 1.54) is 4.90 Å². The first-order chi connectivity index (χ1) is 11.5. The number of halogens is 2. The van der Waals surface area contributed by atoms with Crippen molar-refractivity contribution in [3.8, 4) is 0 Å². The minimum Gasteiger partial charge on any atom is -0.332 e. The average Bonchev–Trinajstić information content (AvgIpc) is 2.57. The van der Waals surface area contributed by atoms with Gasteiger partial charge in [-0.15, -0.1) is 12.4 Å². The van der Waals surface area contributed by atoms with Crippen LogP contribution < -0.4 is 10.6 Å². The molecule has 1 atom stereocenters. The average molecular weight is 387 g/mol. The van der Waals surface area contributed by atoms with Gasteiger partial charge in [0.1, 0.15) is 6.54 Å². The highest BCUT2D eigenvalue weighted by atomic mass is 35.5. The molecule has 7 nitrogen and oxygen atoms in total. The maximum absolute atomic E-state index is 12.7. The van der Waals surface area contributed by atoms with Gasteiger partial charge in [0.15, 0.2) is 0 Å². The van der Waals surface area contributed by atoms with Crippen LogP contribution in [0.1, 0.15) is 18.0 Å². The van der Waals surface area contributed by atoms with Gasteiger partial charge >= 0.3 is 6.03 Å². The van der Waals surface area contributed by atoms with Crippen molar-refractivity contribution in [1.82, 2.24) is 20.4 Å². The lowest BCUT2D eigenvalue weighted by Gasteiger charge is -2.38. The van der Waals surface area contributed by atoms with Crippen molar-refractivity contribution in [1.29, 1.82) is 0 Å². The monoisotopic (exact) mass is 386 g/mol. The summed E-state index contributed by atoms with van der Waals surface area (Å²) in [5.41, 5.74) is 0.960. The molecule has 9 heteroatoms. The summed E-state index contributed by atoms with van der Waals surface area (Å²) in [6.07, 6.45) is 0.221. The van der Waals surface area contributed by atoms with E-state index < -0.39 is 6.03 Å². The molecule has 2 aliphatic rings. The Morgan fingerprint density at radius 2 is 2.08 bits per heavy atom. The number of amides is 4.